The molecule has 0 aliphatic carbocycles. The predicted octanol–water partition coefficient (Wildman–Crippen LogP) is 1.35. The standard InChI is InChI=1S/C9H15N/c1-4-5-9-6-10(7-9)8(2)3/h1,8-9H,5-7H2,2-3H3. The third-order valence-corrected chi connectivity index (χ3v) is 2.12. The number of rotatable bonds is 2. The second-order valence-electron chi connectivity index (χ2n) is 3.32. The van der Waals surface area contributed by atoms with E-state index in [0.717, 1.165) is 12.3 Å². The molecule has 1 aliphatic rings. The average Bonchev–Trinajstić information content (AvgIpc) is 1.76. The van der Waals surface area contributed by atoms with Gasteiger partial charge in [0.15, 0.2) is 0 Å². The molecule has 0 unspecified atom stereocenters. The summed E-state index contributed by atoms with van der Waals surface area (Å²) in [5.41, 5.74) is 0. The van der Waals surface area contributed by atoms with E-state index >= 15 is 0 Å². The first-order chi connectivity index (χ1) is 4.74. The topological polar surface area (TPSA) is 3.24 Å². The van der Waals surface area contributed by atoms with Crippen LogP contribution in [0.1, 0.15) is 20.3 Å². The van der Waals surface area contributed by atoms with Crippen LogP contribution in [0.2, 0.25) is 0 Å². The van der Waals surface area contributed by atoms with Crippen LogP contribution in [0.3, 0.4) is 0 Å². The smallest absolute Gasteiger partial charge is 0.0139 e. The maximum atomic E-state index is 5.19. The van der Waals surface area contributed by atoms with Crippen molar-refractivity contribution in [1.82, 2.24) is 4.90 Å². The molecule has 1 rings (SSSR count). The second kappa shape index (κ2) is 3.07. The van der Waals surface area contributed by atoms with Gasteiger partial charge in [0.05, 0.1) is 0 Å². The maximum absolute atomic E-state index is 5.19. The molecule has 1 saturated heterocycles. The van der Waals surface area contributed by atoms with E-state index in [4.69, 9.17) is 6.42 Å². The van der Waals surface area contributed by atoms with E-state index in [1.54, 1.807) is 0 Å². The fraction of sp³-hybridized carbons (Fsp3) is 0.778. The van der Waals surface area contributed by atoms with Crippen LogP contribution >= 0.6 is 0 Å². The molecule has 0 radical (unpaired) electrons. The van der Waals surface area contributed by atoms with Gasteiger partial charge in [-0.3, -0.25) is 0 Å². The lowest BCUT2D eigenvalue weighted by atomic mass is 9.95. The Kier molecular flexibility index (Phi) is 2.34. The Labute approximate surface area is 63.4 Å². The minimum absolute atomic E-state index is 0.703. The van der Waals surface area contributed by atoms with Gasteiger partial charge >= 0.3 is 0 Å². The van der Waals surface area contributed by atoms with Crippen LogP contribution in [0.15, 0.2) is 0 Å². The van der Waals surface area contributed by atoms with Crippen molar-refractivity contribution in [1.29, 1.82) is 0 Å². The van der Waals surface area contributed by atoms with Gasteiger partial charge in [-0.2, -0.15) is 0 Å². The van der Waals surface area contributed by atoms with Gasteiger partial charge in [0.25, 0.3) is 0 Å². The average molecular weight is 137 g/mol. The zero-order valence-electron chi connectivity index (χ0n) is 6.80. The van der Waals surface area contributed by atoms with Crippen LogP contribution in [0.25, 0.3) is 0 Å². The van der Waals surface area contributed by atoms with E-state index in [9.17, 15) is 0 Å². The first kappa shape index (κ1) is 7.63. The van der Waals surface area contributed by atoms with Crippen LogP contribution in [-0.4, -0.2) is 24.0 Å². The van der Waals surface area contributed by atoms with E-state index < -0.39 is 0 Å². The molecule has 10 heavy (non-hydrogen) atoms. The molecule has 0 amide bonds. The number of terminal acetylenes is 1. The summed E-state index contributed by atoms with van der Waals surface area (Å²) in [6, 6.07) is 0.703. The summed E-state index contributed by atoms with van der Waals surface area (Å²) in [6.45, 7) is 6.88. The number of hydrogen-bond donors (Lipinski definition) is 0. The monoisotopic (exact) mass is 137 g/mol. The van der Waals surface area contributed by atoms with Crippen LogP contribution in [-0.2, 0) is 0 Å². The summed E-state index contributed by atoms with van der Waals surface area (Å²) in [5, 5.41) is 0. The van der Waals surface area contributed by atoms with E-state index in [2.05, 4.69) is 24.7 Å². The molecule has 0 aromatic rings. The van der Waals surface area contributed by atoms with Crippen molar-refractivity contribution in [2.45, 2.75) is 26.3 Å². The molecule has 1 heterocycles. The molecule has 0 bridgehead atoms. The van der Waals surface area contributed by atoms with Gasteiger partial charge in [-0.1, -0.05) is 0 Å². The summed E-state index contributed by atoms with van der Waals surface area (Å²) in [7, 11) is 0. The zero-order valence-corrected chi connectivity index (χ0v) is 6.80. The normalized spacial score (nSPS) is 20.6. The number of nitrogens with zero attached hydrogens (tertiary/aromatic N) is 1. The minimum atomic E-state index is 0.703. The van der Waals surface area contributed by atoms with Crippen molar-refractivity contribution in [2.75, 3.05) is 13.1 Å². The summed E-state index contributed by atoms with van der Waals surface area (Å²) >= 11 is 0. The highest BCUT2D eigenvalue weighted by molar-refractivity contribution is 4.93. The van der Waals surface area contributed by atoms with Crippen LogP contribution < -0.4 is 0 Å². The lowest BCUT2D eigenvalue weighted by Gasteiger charge is -2.41. The molecule has 1 nitrogen and oxygen atoms in total. The molecule has 56 valence electrons. The molecule has 0 saturated carbocycles. The largest absolute Gasteiger partial charge is 0.300 e. The third-order valence-electron chi connectivity index (χ3n) is 2.12. The molecular weight excluding hydrogens is 122 g/mol. The Bertz CT molecular complexity index is 137. The number of hydrogen-bond acceptors (Lipinski definition) is 1. The SMILES string of the molecule is C#CCC1CN(C(C)C)C1. The summed E-state index contributed by atoms with van der Waals surface area (Å²) in [5.74, 6) is 3.49. The van der Waals surface area contributed by atoms with Crippen molar-refractivity contribution < 1.29 is 0 Å². The molecule has 0 aromatic carbocycles. The highest BCUT2D eigenvalue weighted by atomic mass is 15.2. The van der Waals surface area contributed by atoms with Crippen molar-refractivity contribution >= 4 is 0 Å². The molecule has 1 fully saturated rings. The van der Waals surface area contributed by atoms with Gasteiger partial charge in [0, 0.05) is 25.6 Å². The summed E-state index contributed by atoms with van der Waals surface area (Å²) in [4.78, 5) is 2.45. The van der Waals surface area contributed by atoms with E-state index in [1.807, 2.05) is 0 Å². The molecular formula is C9H15N. The molecule has 0 atom stereocenters. The highest BCUT2D eigenvalue weighted by Gasteiger charge is 2.26. The quantitative estimate of drug-likeness (QED) is 0.519. The Morgan fingerprint density at radius 3 is 2.60 bits per heavy atom. The first-order valence-corrected chi connectivity index (χ1v) is 3.91. The fourth-order valence-corrected chi connectivity index (χ4v) is 1.33. The van der Waals surface area contributed by atoms with E-state index in [-0.39, 0.29) is 0 Å². The predicted molar refractivity (Wildman–Crippen MR) is 43.6 cm³/mol. The van der Waals surface area contributed by atoms with Gasteiger partial charge in [-0.15, -0.1) is 12.3 Å². The molecule has 1 aliphatic heterocycles. The van der Waals surface area contributed by atoms with E-state index in [0.29, 0.717) is 6.04 Å². The van der Waals surface area contributed by atoms with Gasteiger partial charge in [-0.05, 0) is 19.8 Å². The Hall–Kier alpha value is -0.480. The van der Waals surface area contributed by atoms with Crippen LogP contribution in [0.4, 0.5) is 0 Å². The van der Waals surface area contributed by atoms with Crippen molar-refractivity contribution in [3.05, 3.63) is 0 Å². The van der Waals surface area contributed by atoms with Crippen molar-refractivity contribution in [3.8, 4) is 12.3 Å². The van der Waals surface area contributed by atoms with Gasteiger partial charge in [0.1, 0.15) is 0 Å². The Morgan fingerprint density at radius 1 is 1.60 bits per heavy atom. The lowest BCUT2D eigenvalue weighted by Crippen LogP contribution is -2.49. The molecule has 0 N–H and O–H groups in total. The zero-order chi connectivity index (χ0) is 7.56. The Morgan fingerprint density at radius 2 is 2.20 bits per heavy atom. The van der Waals surface area contributed by atoms with Crippen LogP contribution in [0, 0.1) is 18.3 Å². The van der Waals surface area contributed by atoms with Gasteiger partial charge in [0.2, 0.25) is 0 Å². The third kappa shape index (κ3) is 1.52. The second-order valence-corrected chi connectivity index (χ2v) is 3.32. The van der Waals surface area contributed by atoms with E-state index in [1.165, 1.54) is 13.1 Å². The van der Waals surface area contributed by atoms with Gasteiger partial charge < -0.3 is 4.90 Å². The van der Waals surface area contributed by atoms with Crippen LogP contribution in [0.5, 0.6) is 0 Å². The fourth-order valence-electron chi connectivity index (χ4n) is 1.33. The first-order valence-electron chi connectivity index (χ1n) is 3.91. The lowest BCUT2D eigenvalue weighted by molar-refractivity contribution is 0.0709. The molecule has 0 aromatic heterocycles. The maximum Gasteiger partial charge on any atom is 0.0139 e. The molecule has 0 spiro atoms. The Balaban J connectivity index is 2.13. The van der Waals surface area contributed by atoms with Crippen molar-refractivity contribution in [3.63, 3.8) is 0 Å². The summed E-state index contributed by atoms with van der Waals surface area (Å²) < 4.78 is 0. The highest BCUT2D eigenvalue weighted by Crippen LogP contribution is 2.20. The summed E-state index contributed by atoms with van der Waals surface area (Å²) in [6.07, 6.45) is 6.15. The van der Waals surface area contributed by atoms with Crippen molar-refractivity contribution in [2.24, 2.45) is 5.92 Å². The molecule has 1 heteroatoms. The minimum Gasteiger partial charge on any atom is -0.300 e. The van der Waals surface area contributed by atoms with Gasteiger partial charge in [-0.25, -0.2) is 0 Å². The number of likely N-dealkylation sites (tertiary alicyclic amines) is 1.